The molecule has 0 radical (unpaired) electrons. The summed E-state index contributed by atoms with van der Waals surface area (Å²) in [7, 11) is 2.96. The molecule has 0 aromatic carbocycles. The van der Waals surface area contributed by atoms with Crippen LogP contribution in [0.2, 0.25) is 0 Å². The quantitative estimate of drug-likeness (QED) is 0.356. The van der Waals surface area contributed by atoms with Gasteiger partial charge in [0.05, 0.1) is 13.0 Å². The molecule has 0 aromatic rings. The van der Waals surface area contributed by atoms with Gasteiger partial charge in [0.25, 0.3) is 5.91 Å². The molecule has 0 atom stereocenters. The van der Waals surface area contributed by atoms with Crippen molar-refractivity contribution in [2.24, 2.45) is 0 Å². The summed E-state index contributed by atoms with van der Waals surface area (Å²) in [5.41, 5.74) is 0. The highest BCUT2D eigenvalue weighted by Crippen LogP contribution is 1.89. The largest absolute Gasteiger partial charge is 0.465 e. The first-order chi connectivity index (χ1) is 7.88. The number of ketones is 1. The molecule has 0 aromatic heterocycles. The van der Waals surface area contributed by atoms with Crippen molar-refractivity contribution in [3.05, 3.63) is 0 Å². The van der Waals surface area contributed by atoms with E-state index in [0.29, 0.717) is 0 Å². The lowest BCUT2D eigenvalue weighted by Gasteiger charge is -2.09. The van der Waals surface area contributed by atoms with Gasteiger partial charge in [-0.05, 0) is 6.92 Å². The fourth-order valence-electron chi connectivity index (χ4n) is 0.839. The minimum absolute atomic E-state index is 0.196. The average Bonchev–Trinajstić information content (AvgIpc) is 2.25. The zero-order chi connectivity index (χ0) is 13.4. The van der Waals surface area contributed by atoms with Gasteiger partial charge >= 0.3 is 5.97 Å². The van der Waals surface area contributed by atoms with Gasteiger partial charge in [-0.15, -0.1) is 0 Å². The molecule has 96 valence electrons. The Morgan fingerprint density at radius 3 is 2.24 bits per heavy atom. The van der Waals surface area contributed by atoms with Crippen LogP contribution < -0.4 is 5.32 Å². The van der Waals surface area contributed by atoms with Gasteiger partial charge < -0.3 is 15.0 Å². The van der Waals surface area contributed by atoms with Crippen LogP contribution in [0.5, 0.6) is 0 Å². The number of Topliss-reactive ketones (excluding diaryl/α,β-unsaturated/α-hetero) is 1. The Labute approximate surface area is 99.1 Å². The third kappa shape index (κ3) is 6.29. The lowest BCUT2D eigenvalue weighted by Crippen LogP contribution is -2.38. The molecule has 0 aliphatic heterocycles. The van der Waals surface area contributed by atoms with E-state index in [-0.39, 0.29) is 13.2 Å². The molecular weight excluding hydrogens is 228 g/mol. The van der Waals surface area contributed by atoms with Crippen LogP contribution in [0.4, 0.5) is 0 Å². The van der Waals surface area contributed by atoms with Crippen molar-refractivity contribution in [2.75, 3.05) is 27.2 Å². The monoisotopic (exact) mass is 244 g/mol. The van der Waals surface area contributed by atoms with Gasteiger partial charge in [0, 0.05) is 14.1 Å². The molecule has 7 nitrogen and oxygen atoms in total. The molecule has 0 unspecified atom stereocenters. The summed E-state index contributed by atoms with van der Waals surface area (Å²) in [5.74, 6) is -2.95. The number of hydrogen-bond donors (Lipinski definition) is 1. The molecule has 1 N–H and O–H groups in total. The Balaban J connectivity index is 4.03. The summed E-state index contributed by atoms with van der Waals surface area (Å²) in [5, 5.41) is 2.08. The number of carbonyl (C=O) groups is 4. The fourth-order valence-corrected chi connectivity index (χ4v) is 0.839. The number of nitrogens with one attached hydrogen (secondary N) is 1. The second-order valence-electron chi connectivity index (χ2n) is 3.38. The standard InChI is InChI=1S/C10H16N2O5/c1-4-17-9(15)6-11-10(16)7(13)5-8(14)12(2)3/h4-6H2,1-3H3,(H,11,16). The molecule has 17 heavy (non-hydrogen) atoms. The second-order valence-corrected chi connectivity index (χ2v) is 3.38. The molecule has 0 aliphatic rings. The van der Waals surface area contributed by atoms with Crippen molar-refractivity contribution < 1.29 is 23.9 Å². The Morgan fingerprint density at radius 1 is 1.18 bits per heavy atom. The van der Waals surface area contributed by atoms with Gasteiger partial charge in [-0.2, -0.15) is 0 Å². The number of esters is 1. The number of nitrogens with zero attached hydrogens (tertiary/aromatic N) is 1. The number of carbonyl (C=O) groups excluding carboxylic acids is 4. The van der Waals surface area contributed by atoms with E-state index in [9.17, 15) is 19.2 Å². The topological polar surface area (TPSA) is 92.8 Å². The van der Waals surface area contributed by atoms with Crippen LogP contribution in [0.15, 0.2) is 0 Å². The SMILES string of the molecule is CCOC(=O)CNC(=O)C(=O)CC(=O)N(C)C. The summed E-state index contributed by atoms with van der Waals surface area (Å²) in [6, 6.07) is 0. The first-order valence-electron chi connectivity index (χ1n) is 5.05. The van der Waals surface area contributed by atoms with Gasteiger partial charge in [-0.1, -0.05) is 0 Å². The first kappa shape index (κ1) is 15.1. The highest BCUT2D eigenvalue weighted by molar-refractivity contribution is 6.39. The zero-order valence-electron chi connectivity index (χ0n) is 10.1. The molecule has 0 fully saturated rings. The van der Waals surface area contributed by atoms with Crippen molar-refractivity contribution >= 4 is 23.6 Å². The Bertz CT molecular complexity index is 325. The minimum atomic E-state index is -0.965. The summed E-state index contributed by atoms with van der Waals surface area (Å²) in [6.45, 7) is 1.44. The van der Waals surface area contributed by atoms with Crippen molar-refractivity contribution in [1.29, 1.82) is 0 Å². The maximum absolute atomic E-state index is 11.2. The van der Waals surface area contributed by atoms with Gasteiger partial charge in [0.1, 0.15) is 6.54 Å². The molecule has 0 saturated heterocycles. The average molecular weight is 244 g/mol. The normalized spacial score (nSPS) is 9.35. The van der Waals surface area contributed by atoms with E-state index in [0.717, 1.165) is 0 Å². The lowest BCUT2D eigenvalue weighted by atomic mass is 10.2. The van der Waals surface area contributed by atoms with E-state index in [2.05, 4.69) is 10.1 Å². The molecule has 0 aliphatic carbocycles. The Kier molecular flexibility index (Phi) is 6.54. The number of hydrogen-bond acceptors (Lipinski definition) is 5. The van der Waals surface area contributed by atoms with Crippen LogP contribution in [0.1, 0.15) is 13.3 Å². The highest BCUT2D eigenvalue weighted by Gasteiger charge is 2.19. The van der Waals surface area contributed by atoms with E-state index in [1.54, 1.807) is 6.92 Å². The van der Waals surface area contributed by atoms with E-state index in [1.807, 2.05) is 0 Å². The highest BCUT2D eigenvalue weighted by atomic mass is 16.5. The molecular formula is C10H16N2O5. The van der Waals surface area contributed by atoms with Gasteiger partial charge in [0.2, 0.25) is 11.7 Å². The first-order valence-corrected chi connectivity index (χ1v) is 5.05. The molecule has 0 saturated carbocycles. The van der Waals surface area contributed by atoms with Crippen LogP contribution in [-0.4, -0.2) is 55.7 Å². The number of rotatable bonds is 6. The van der Waals surface area contributed by atoms with E-state index >= 15 is 0 Å². The predicted octanol–water partition coefficient (Wildman–Crippen LogP) is -1.29. The van der Waals surface area contributed by atoms with Gasteiger partial charge in [-0.3, -0.25) is 19.2 Å². The van der Waals surface area contributed by atoms with E-state index in [4.69, 9.17) is 0 Å². The van der Waals surface area contributed by atoms with Crippen molar-refractivity contribution in [1.82, 2.24) is 10.2 Å². The van der Waals surface area contributed by atoms with Gasteiger partial charge in [-0.25, -0.2) is 0 Å². The predicted molar refractivity (Wildman–Crippen MR) is 58.0 cm³/mol. The molecule has 0 bridgehead atoms. The lowest BCUT2D eigenvalue weighted by molar-refractivity contribution is -0.145. The molecule has 0 heterocycles. The smallest absolute Gasteiger partial charge is 0.325 e. The summed E-state index contributed by atoms with van der Waals surface area (Å²) >= 11 is 0. The van der Waals surface area contributed by atoms with Crippen molar-refractivity contribution in [3.63, 3.8) is 0 Å². The van der Waals surface area contributed by atoms with Crippen LogP contribution in [0.3, 0.4) is 0 Å². The maximum Gasteiger partial charge on any atom is 0.325 e. The van der Waals surface area contributed by atoms with Crippen LogP contribution in [0.25, 0.3) is 0 Å². The third-order valence-electron chi connectivity index (χ3n) is 1.76. The Hall–Kier alpha value is -1.92. The van der Waals surface area contributed by atoms with Crippen LogP contribution in [0, 0.1) is 0 Å². The summed E-state index contributed by atoms with van der Waals surface area (Å²) in [6.07, 6.45) is -0.512. The zero-order valence-corrected chi connectivity index (χ0v) is 10.1. The third-order valence-corrected chi connectivity index (χ3v) is 1.76. The fraction of sp³-hybridized carbons (Fsp3) is 0.600. The second kappa shape index (κ2) is 7.37. The van der Waals surface area contributed by atoms with Gasteiger partial charge in [0.15, 0.2) is 0 Å². The molecule has 0 spiro atoms. The van der Waals surface area contributed by atoms with E-state index in [1.165, 1.54) is 19.0 Å². The van der Waals surface area contributed by atoms with Crippen LogP contribution >= 0.6 is 0 Å². The van der Waals surface area contributed by atoms with Crippen molar-refractivity contribution in [2.45, 2.75) is 13.3 Å². The molecule has 7 heteroatoms. The van der Waals surface area contributed by atoms with E-state index < -0.39 is 30.0 Å². The maximum atomic E-state index is 11.2. The molecule has 0 rings (SSSR count). The Morgan fingerprint density at radius 2 is 1.76 bits per heavy atom. The summed E-state index contributed by atoms with van der Waals surface area (Å²) < 4.78 is 4.55. The summed E-state index contributed by atoms with van der Waals surface area (Å²) in [4.78, 5) is 45.6. The van der Waals surface area contributed by atoms with Crippen molar-refractivity contribution in [3.8, 4) is 0 Å². The number of amides is 2. The van der Waals surface area contributed by atoms with Crippen LogP contribution in [-0.2, 0) is 23.9 Å². The number of ether oxygens (including phenoxy) is 1. The molecule has 2 amide bonds. The minimum Gasteiger partial charge on any atom is -0.465 e.